The van der Waals surface area contributed by atoms with Crippen LogP contribution in [0.1, 0.15) is 29.5 Å². The Balaban J connectivity index is 2.03. The van der Waals surface area contributed by atoms with Crippen LogP contribution < -0.4 is 15.5 Å². The van der Waals surface area contributed by atoms with Gasteiger partial charge < -0.3 is 24.0 Å². The van der Waals surface area contributed by atoms with Crippen LogP contribution in [0.5, 0.6) is 5.75 Å². The third-order valence-electron chi connectivity index (χ3n) is 4.88. The smallest absolute Gasteiger partial charge is 0.340 e. The summed E-state index contributed by atoms with van der Waals surface area (Å²) >= 11 is 0. The molecule has 1 saturated heterocycles. The molecule has 0 bridgehead atoms. The van der Waals surface area contributed by atoms with Gasteiger partial charge in [0.2, 0.25) is 5.91 Å². The second-order valence-corrected chi connectivity index (χ2v) is 6.57. The minimum atomic E-state index is -1.27. The van der Waals surface area contributed by atoms with Gasteiger partial charge in [0, 0.05) is 6.54 Å². The van der Waals surface area contributed by atoms with E-state index in [1.54, 1.807) is 13.0 Å². The molecular formula is C19H20NO6-. The second kappa shape index (κ2) is 6.82. The Labute approximate surface area is 150 Å². The number of rotatable bonds is 4. The van der Waals surface area contributed by atoms with Gasteiger partial charge in [-0.15, -0.1) is 0 Å². The number of ether oxygens (including phenoxy) is 1. The van der Waals surface area contributed by atoms with E-state index >= 15 is 0 Å². The summed E-state index contributed by atoms with van der Waals surface area (Å²) in [5.74, 6) is -1.13. The van der Waals surface area contributed by atoms with E-state index in [9.17, 15) is 19.5 Å². The standard InChI is InChI=1S/C19H21NO6/c1-10-7-14(25-3)17-11(2)12(19(24)26-15(17)8-10)9-16(21)20-6-4-5-13(20)18(22)23/h7-8,13H,4-6,9H2,1-3H3,(H,22,23)/p-1/t13-/m0/s1. The van der Waals surface area contributed by atoms with Crippen LogP contribution in [0.25, 0.3) is 11.0 Å². The van der Waals surface area contributed by atoms with Gasteiger partial charge in [0.05, 0.1) is 36.5 Å². The topological polar surface area (TPSA) is 99.9 Å². The lowest BCUT2D eigenvalue weighted by molar-refractivity contribution is -0.310. The highest BCUT2D eigenvalue weighted by Gasteiger charge is 2.30. The maximum atomic E-state index is 12.6. The predicted molar refractivity (Wildman–Crippen MR) is 92.0 cm³/mol. The number of likely N-dealkylation sites (tertiary alicyclic amines) is 1. The first-order valence-electron chi connectivity index (χ1n) is 8.44. The van der Waals surface area contributed by atoms with Gasteiger partial charge in [-0.1, -0.05) is 0 Å². The van der Waals surface area contributed by atoms with Gasteiger partial charge in [0.15, 0.2) is 0 Å². The SMILES string of the molecule is COc1cc(C)cc2oc(=O)c(CC(=O)N3CCC[C@H]3C(=O)[O-])c(C)c12. The summed E-state index contributed by atoms with van der Waals surface area (Å²) in [7, 11) is 1.53. The number of carboxylic acid groups (broad SMARTS) is 1. The molecule has 1 fully saturated rings. The normalized spacial score (nSPS) is 16.9. The number of carbonyl (C=O) groups excluding carboxylic acids is 2. The Kier molecular flexibility index (Phi) is 4.71. The molecule has 1 atom stereocenters. The number of hydrogen-bond donors (Lipinski definition) is 0. The fourth-order valence-electron chi connectivity index (χ4n) is 3.57. The Morgan fingerprint density at radius 2 is 2.08 bits per heavy atom. The lowest BCUT2D eigenvalue weighted by Crippen LogP contribution is -2.47. The molecule has 0 aliphatic carbocycles. The van der Waals surface area contributed by atoms with Crippen molar-refractivity contribution in [1.29, 1.82) is 0 Å². The van der Waals surface area contributed by atoms with Gasteiger partial charge in [-0.3, -0.25) is 4.79 Å². The van der Waals surface area contributed by atoms with Crippen molar-refractivity contribution in [3.63, 3.8) is 0 Å². The first-order chi connectivity index (χ1) is 12.3. The second-order valence-electron chi connectivity index (χ2n) is 6.57. The fraction of sp³-hybridized carbons (Fsp3) is 0.421. The highest BCUT2D eigenvalue weighted by molar-refractivity contribution is 5.90. The van der Waals surface area contributed by atoms with E-state index in [0.29, 0.717) is 41.7 Å². The summed E-state index contributed by atoms with van der Waals surface area (Å²) in [6.45, 7) is 3.94. The number of hydrogen-bond acceptors (Lipinski definition) is 6. The van der Waals surface area contributed by atoms with Crippen LogP contribution in [0, 0.1) is 13.8 Å². The highest BCUT2D eigenvalue weighted by atomic mass is 16.5. The van der Waals surface area contributed by atoms with Crippen molar-refractivity contribution in [1.82, 2.24) is 4.90 Å². The lowest BCUT2D eigenvalue weighted by atomic mass is 10.0. The van der Waals surface area contributed by atoms with Crippen LogP contribution >= 0.6 is 0 Å². The molecule has 0 spiro atoms. The van der Waals surface area contributed by atoms with Gasteiger partial charge in [0.1, 0.15) is 11.3 Å². The van der Waals surface area contributed by atoms with Crippen molar-refractivity contribution in [2.24, 2.45) is 0 Å². The molecule has 3 rings (SSSR count). The molecule has 0 radical (unpaired) electrons. The van der Waals surface area contributed by atoms with E-state index < -0.39 is 23.5 Å². The summed E-state index contributed by atoms with van der Waals surface area (Å²) in [5, 5.41) is 11.8. The summed E-state index contributed by atoms with van der Waals surface area (Å²) < 4.78 is 10.8. The van der Waals surface area contributed by atoms with Crippen LogP contribution in [0.15, 0.2) is 21.3 Å². The molecule has 0 saturated carbocycles. The van der Waals surface area contributed by atoms with E-state index in [1.807, 2.05) is 13.0 Å². The summed E-state index contributed by atoms with van der Waals surface area (Å²) in [4.78, 5) is 37.5. The zero-order valence-electron chi connectivity index (χ0n) is 15.0. The molecule has 26 heavy (non-hydrogen) atoms. The number of amides is 1. The minimum Gasteiger partial charge on any atom is -0.548 e. The van der Waals surface area contributed by atoms with Gasteiger partial charge in [-0.05, 0) is 49.9 Å². The molecular weight excluding hydrogens is 338 g/mol. The molecule has 1 aliphatic heterocycles. The zero-order chi connectivity index (χ0) is 19.0. The number of aryl methyl sites for hydroxylation is 2. The zero-order valence-corrected chi connectivity index (χ0v) is 15.0. The number of carbonyl (C=O) groups is 2. The molecule has 0 N–H and O–H groups in total. The monoisotopic (exact) mass is 358 g/mol. The molecule has 1 aromatic heterocycles. The summed E-state index contributed by atoms with van der Waals surface area (Å²) in [5.41, 5.74) is 1.50. The molecule has 0 unspecified atom stereocenters. The number of nitrogens with zero attached hydrogens (tertiary/aromatic N) is 1. The van der Waals surface area contributed by atoms with E-state index in [0.717, 1.165) is 5.56 Å². The van der Waals surface area contributed by atoms with E-state index in [2.05, 4.69) is 0 Å². The molecule has 1 amide bonds. The lowest BCUT2D eigenvalue weighted by Gasteiger charge is -2.25. The predicted octanol–water partition coefficient (Wildman–Crippen LogP) is 0.702. The average molecular weight is 358 g/mol. The molecule has 138 valence electrons. The van der Waals surface area contributed by atoms with E-state index in [1.165, 1.54) is 12.0 Å². The van der Waals surface area contributed by atoms with Crippen molar-refractivity contribution in [3.8, 4) is 5.75 Å². The molecule has 7 nitrogen and oxygen atoms in total. The van der Waals surface area contributed by atoms with Crippen molar-refractivity contribution in [2.45, 2.75) is 39.2 Å². The van der Waals surface area contributed by atoms with Crippen molar-refractivity contribution in [2.75, 3.05) is 13.7 Å². The van der Waals surface area contributed by atoms with Crippen LogP contribution in [0.2, 0.25) is 0 Å². The quantitative estimate of drug-likeness (QED) is 0.746. The molecule has 1 aromatic carbocycles. The molecule has 2 heterocycles. The van der Waals surface area contributed by atoms with E-state index in [-0.39, 0.29) is 12.0 Å². The van der Waals surface area contributed by atoms with Crippen molar-refractivity contribution < 1.29 is 23.8 Å². The molecule has 7 heteroatoms. The number of carboxylic acids is 1. The third-order valence-corrected chi connectivity index (χ3v) is 4.88. The summed E-state index contributed by atoms with van der Waals surface area (Å²) in [6, 6.07) is 2.63. The van der Waals surface area contributed by atoms with Gasteiger partial charge in [-0.25, -0.2) is 4.79 Å². The number of methoxy groups -OCH3 is 1. The Morgan fingerprint density at radius 1 is 1.35 bits per heavy atom. The minimum absolute atomic E-state index is 0.216. The van der Waals surface area contributed by atoms with E-state index in [4.69, 9.17) is 9.15 Å². The summed E-state index contributed by atoms with van der Waals surface area (Å²) in [6.07, 6.45) is 0.750. The third kappa shape index (κ3) is 3.05. The van der Waals surface area contributed by atoms with Crippen LogP contribution in [0.3, 0.4) is 0 Å². The fourth-order valence-corrected chi connectivity index (χ4v) is 3.57. The molecule has 1 aliphatic rings. The Bertz CT molecular complexity index is 945. The maximum absolute atomic E-state index is 12.6. The van der Waals surface area contributed by atoms with Crippen LogP contribution in [-0.4, -0.2) is 36.5 Å². The van der Waals surface area contributed by atoms with Gasteiger partial charge in [-0.2, -0.15) is 0 Å². The number of aliphatic carboxylic acids is 1. The first-order valence-corrected chi connectivity index (χ1v) is 8.44. The van der Waals surface area contributed by atoms with Crippen LogP contribution in [-0.2, 0) is 16.0 Å². The highest BCUT2D eigenvalue weighted by Crippen LogP contribution is 2.31. The first kappa shape index (κ1) is 18.0. The van der Waals surface area contributed by atoms with Gasteiger partial charge >= 0.3 is 5.63 Å². The molecule has 2 aromatic rings. The average Bonchev–Trinajstić information content (AvgIpc) is 3.07. The Hall–Kier alpha value is -2.83. The number of fused-ring (bicyclic) bond motifs is 1. The Morgan fingerprint density at radius 3 is 2.73 bits per heavy atom. The van der Waals surface area contributed by atoms with Gasteiger partial charge in [0.25, 0.3) is 0 Å². The van der Waals surface area contributed by atoms with Crippen molar-refractivity contribution >= 4 is 22.8 Å². The van der Waals surface area contributed by atoms with Crippen molar-refractivity contribution in [3.05, 3.63) is 39.2 Å². The van der Waals surface area contributed by atoms with Crippen LogP contribution in [0.4, 0.5) is 0 Å². The maximum Gasteiger partial charge on any atom is 0.340 e. The largest absolute Gasteiger partial charge is 0.548 e. The number of benzene rings is 1.